The van der Waals surface area contributed by atoms with Crippen LogP contribution >= 0.6 is 0 Å². The quantitative estimate of drug-likeness (QED) is 0.538. The molecule has 24 heavy (non-hydrogen) atoms. The number of carboxylic acid groups (broad SMARTS) is 1. The molecule has 0 saturated carbocycles. The van der Waals surface area contributed by atoms with Crippen LogP contribution in [0.1, 0.15) is 15.9 Å². The van der Waals surface area contributed by atoms with Crippen LogP contribution < -0.4 is 5.43 Å². The highest BCUT2D eigenvalue weighted by Crippen LogP contribution is 2.18. The van der Waals surface area contributed by atoms with E-state index in [1.165, 1.54) is 17.7 Å². The van der Waals surface area contributed by atoms with Gasteiger partial charge in [0.2, 0.25) is 0 Å². The average Bonchev–Trinajstić information content (AvgIpc) is 2.63. The second-order valence-corrected chi connectivity index (χ2v) is 5.24. The smallest absolute Gasteiger partial charge is 0.335 e. The van der Waals surface area contributed by atoms with Gasteiger partial charge in [-0.2, -0.15) is 5.10 Å². The van der Waals surface area contributed by atoms with E-state index in [0.29, 0.717) is 0 Å². The molecular formula is C20H16N2O2. The van der Waals surface area contributed by atoms with Gasteiger partial charge in [-0.05, 0) is 41.0 Å². The third-order valence-electron chi connectivity index (χ3n) is 3.56. The van der Waals surface area contributed by atoms with Crippen molar-refractivity contribution in [1.29, 1.82) is 0 Å². The fraction of sp³-hybridized carbons (Fsp3) is 0. The Hall–Kier alpha value is -3.40. The minimum atomic E-state index is -0.941. The summed E-state index contributed by atoms with van der Waals surface area (Å²) in [6, 6.07) is 24.7. The number of anilines is 1. The predicted molar refractivity (Wildman–Crippen MR) is 96.5 cm³/mol. The minimum Gasteiger partial charge on any atom is -0.478 e. The fourth-order valence-corrected chi connectivity index (χ4v) is 2.26. The summed E-state index contributed by atoms with van der Waals surface area (Å²) in [5.41, 5.74) is 7.18. The van der Waals surface area contributed by atoms with Crippen LogP contribution in [-0.4, -0.2) is 17.3 Å². The Morgan fingerprint density at radius 3 is 2.08 bits per heavy atom. The van der Waals surface area contributed by atoms with Crippen molar-refractivity contribution in [2.45, 2.75) is 0 Å². The molecule has 4 heteroatoms. The third kappa shape index (κ3) is 3.87. The van der Waals surface area contributed by atoms with Crippen LogP contribution in [0.3, 0.4) is 0 Å². The van der Waals surface area contributed by atoms with Gasteiger partial charge >= 0.3 is 5.97 Å². The SMILES string of the molecule is O=C(O)c1ccc(N/N=C\c2ccc(-c3ccccc3)cc2)cc1. The molecule has 0 unspecified atom stereocenters. The van der Waals surface area contributed by atoms with Gasteiger partial charge in [-0.1, -0.05) is 54.6 Å². The number of nitrogens with zero attached hydrogens (tertiary/aromatic N) is 1. The van der Waals surface area contributed by atoms with E-state index in [1.807, 2.05) is 30.3 Å². The van der Waals surface area contributed by atoms with Gasteiger partial charge < -0.3 is 5.11 Å². The van der Waals surface area contributed by atoms with Crippen LogP contribution in [0, 0.1) is 0 Å². The summed E-state index contributed by atoms with van der Waals surface area (Å²) in [7, 11) is 0. The number of nitrogens with one attached hydrogen (secondary N) is 1. The number of rotatable bonds is 5. The van der Waals surface area contributed by atoms with E-state index in [0.717, 1.165) is 16.8 Å². The molecule has 0 heterocycles. The summed E-state index contributed by atoms with van der Waals surface area (Å²) in [6.45, 7) is 0. The molecule has 0 radical (unpaired) electrons. The molecule has 0 aliphatic rings. The maximum Gasteiger partial charge on any atom is 0.335 e. The van der Waals surface area contributed by atoms with Gasteiger partial charge in [-0.3, -0.25) is 5.43 Å². The second-order valence-electron chi connectivity index (χ2n) is 5.24. The number of aromatic carboxylic acids is 1. The van der Waals surface area contributed by atoms with E-state index in [9.17, 15) is 4.79 Å². The van der Waals surface area contributed by atoms with E-state index < -0.39 is 5.97 Å². The molecule has 0 aromatic heterocycles. The lowest BCUT2D eigenvalue weighted by Crippen LogP contribution is -1.96. The minimum absolute atomic E-state index is 0.251. The van der Waals surface area contributed by atoms with E-state index in [2.05, 4.69) is 34.8 Å². The molecule has 3 aromatic rings. The first-order valence-electron chi connectivity index (χ1n) is 7.50. The largest absolute Gasteiger partial charge is 0.478 e. The molecule has 0 spiro atoms. The lowest BCUT2D eigenvalue weighted by atomic mass is 10.0. The molecule has 4 nitrogen and oxygen atoms in total. The molecule has 0 atom stereocenters. The Morgan fingerprint density at radius 2 is 1.46 bits per heavy atom. The molecule has 118 valence electrons. The van der Waals surface area contributed by atoms with Crippen molar-refractivity contribution in [3.05, 3.63) is 90.0 Å². The summed E-state index contributed by atoms with van der Waals surface area (Å²) in [6.07, 6.45) is 1.72. The Labute approximate surface area is 140 Å². The third-order valence-corrected chi connectivity index (χ3v) is 3.56. The second kappa shape index (κ2) is 7.24. The standard InChI is InChI=1S/C20H16N2O2/c23-20(24)18-10-12-19(13-11-18)22-21-14-15-6-8-17(9-7-15)16-4-2-1-3-5-16/h1-14,22H,(H,23,24)/b21-14-. The average molecular weight is 316 g/mol. The summed E-state index contributed by atoms with van der Waals surface area (Å²) in [5.74, 6) is -0.941. The molecule has 0 aliphatic carbocycles. The van der Waals surface area contributed by atoms with Gasteiger partial charge in [-0.25, -0.2) is 4.79 Å². The summed E-state index contributed by atoms with van der Waals surface area (Å²) in [4.78, 5) is 10.8. The van der Waals surface area contributed by atoms with E-state index >= 15 is 0 Å². The Bertz CT molecular complexity index is 839. The lowest BCUT2D eigenvalue weighted by Gasteiger charge is -2.02. The van der Waals surface area contributed by atoms with Gasteiger partial charge in [0.15, 0.2) is 0 Å². The topological polar surface area (TPSA) is 61.7 Å². The number of hydrogen-bond acceptors (Lipinski definition) is 3. The van der Waals surface area contributed by atoms with Crippen molar-refractivity contribution in [2.75, 3.05) is 5.43 Å². The number of hydrazone groups is 1. The molecule has 0 amide bonds. The number of carboxylic acids is 1. The van der Waals surface area contributed by atoms with Crippen LogP contribution in [0.5, 0.6) is 0 Å². The molecule has 3 aromatic carbocycles. The zero-order valence-corrected chi connectivity index (χ0v) is 12.9. The van der Waals surface area contributed by atoms with Gasteiger partial charge in [0.05, 0.1) is 17.5 Å². The zero-order chi connectivity index (χ0) is 16.8. The van der Waals surface area contributed by atoms with Crippen molar-refractivity contribution in [2.24, 2.45) is 5.10 Å². The van der Waals surface area contributed by atoms with E-state index in [-0.39, 0.29) is 5.56 Å². The molecule has 0 saturated heterocycles. The van der Waals surface area contributed by atoms with Crippen molar-refractivity contribution in [3.63, 3.8) is 0 Å². The van der Waals surface area contributed by atoms with Crippen molar-refractivity contribution >= 4 is 17.9 Å². The highest BCUT2D eigenvalue weighted by atomic mass is 16.4. The van der Waals surface area contributed by atoms with Gasteiger partial charge in [0, 0.05) is 0 Å². The first-order valence-corrected chi connectivity index (χ1v) is 7.50. The van der Waals surface area contributed by atoms with E-state index in [1.54, 1.807) is 18.3 Å². The predicted octanol–water partition coefficient (Wildman–Crippen LogP) is 4.50. The van der Waals surface area contributed by atoms with Crippen LogP contribution in [0.2, 0.25) is 0 Å². The summed E-state index contributed by atoms with van der Waals surface area (Å²) in [5, 5.41) is 13.0. The van der Waals surface area contributed by atoms with E-state index in [4.69, 9.17) is 5.11 Å². The normalized spacial score (nSPS) is 10.7. The summed E-state index contributed by atoms with van der Waals surface area (Å²) < 4.78 is 0. The van der Waals surface area contributed by atoms with Gasteiger partial charge in [0.1, 0.15) is 0 Å². The van der Waals surface area contributed by atoms with Crippen molar-refractivity contribution in [3.8, 4) is 11.1 Å². The number of hydrogen-bond donors (Lipinski definition) is 2. The monoisotopic (exact) mass is 316 g/mol. The van der Waals surface area contributed by atoms with Gasteiger partial charge in [-0.15, -0.1) is 0 Å². The van der Waals surface area contributed by atoms with Crippen molar-refractivity contribution < 1.29 is 9.90 Å². The molecule has 0 bridgehead atoms. The number of benzene rings is 3. The zero-order valence-electron chi connectivity index (χ0n) is 12.9. The highest BCUT2D eigenvalue weighted by Gasteiger charge is 2.00. The van der Waals surface area contributed by atoms with Gasteiger partial charge in [0.25, 0.3) is 0 Å². The summed E-state index contributed by atoms with van der Waals surface area (Å²) >= 11 is 0. The Balaban J connectivity index is 1.63. The Morgan fingerprint density at radius 1 is 0.833 bits per heavy atom. The number of carbonyl (C=O) groups is 1. The molecular weight excluding hydrogens is 300 g/mol. The molecule has 2 N–H and O–H groups in total. The van der Waals surface area contributed by atoms with Crippen LogP contribution in [0.15, 0.2) is 84.0 Å². The first-order chi connectivity index (χ1) is 11.7. The lowest BCUT2D eigenvalue weighted by molar-refractivity contribution is 0.0697. The highest BCUT2D eigenvalue weighted by molar-refractivity contribution is 5.88. The maximum atomic E-state index is 10.8. The van der Waals surface area contributed by atoms with Crippen LogP contribution in [0.4, 0.5) is 5.69 Å². The van der Waals surface area contributed by atoms with Crippen LogP contribution in [-0.2, 0) is 0 Å². The maximum absolute atomic E-state index is 10.8. The van der Waals surface area contributed by atoms with Crippen LogP contribution in [0.25, 0.3) is 11.1 Å². The first kappa shape index (κ1) is 15.5. The molecule has 0 fully saturated rings. The molecule has 3 rings (SSSR count). The Kier molecular flexibility index (Phi) is 4.68. The fourth-order valence-electron chi connectivity index (χ4n) is 2.26. The van der Waals surface area contributed by atoms with Crippen molar-refractivity contribution in [1.82, 2.24) is 0 Å². The molecule has 0 aliphatic heterocycles.